The zero-order valence-corrected chi connectivity index (χ0v) is 13.9. The number of nitrogens with one attached hydrogen (secondary N) is 1. The lowest BCUT2D eigenvalue weighted by molar-refractivity contribution is -0.167. The van der Waals surface area contributed by atoms with Crippen molar-refractivity contribution in [3.8, 4) is 0 Å². The molecule has 4 fully saturated rings. The van der Waals surface area contributed by atoms with E-state index < -0.39 is 5.60 Å². The second kappa shape index (κ2) is 4.67. The highest BCUT2D eigenvalue weighted by molar-refractivity contribution is 5.30. The maximum atomic E-state index is 10.9. The molecule has 3 atom stereocenters. The van der Waals surface area contributed by atoms with Gasteiger partial charge in [0.25, 0.3) is 0 Å². The quantitative estimate of drug-likeness (QED) is 0.900. The van der Waals surface area contributed by atoms with Crippen molar-refractivity contribution in [1.82, 2.24) is 9.97 Å². The molecular weight excluding hydrogens is 274 g/mol. The number of hydrogen-bond acceptors (Lipinski definition) is 4. The molecule has 1 heterocycles. The minimum Gasteiger partial charge on any atom is -0.390 e. The van der Waals surface area contributed by atoms with E-state index in [1.54, 1.807) is 0 Å². The summed E-state index contributed by atoms with van der Waals surface area (Å²) in [6, 6.07) is 2.31. The molecule has 4 heteroatoms. The second-order valence-corrected chi connectivity index (χ2v) is 8.39. The lowest BCUT2D eigenvalue weighted by Gasteiger charge is -2.62. The first-order chi connectivity index (χ1) is 10.4. The number of aryl methyl sites for hydroxylation is 2. The summed E-state index contributed by atoms with van der Waals surface area (Å²) >= 11 is 0. The molecule has 2 N–H and O–H groups in total. The lowest BCUT2D eigenvalue weighted by Crippen LogP contribution is -2.60. The number of anilines is 1. The Morgan fingerprint density at radius 3 is 2.27 bits per heavy atom. The SMILES string of the molecule is Cc1cc(C)nc(N[C@@H](C)C23C[C@H]4C[C@@H](CC(O)(C4)C2)C3)n1. The van der Waals surface area contributed by atoms with Crippen LogP contribution in [0, 0.1) is 31.1 Å². The Hall–Kier alpha value is -1.16. The van der Waals surface area contributed by atoms with Gasteiger partial charge in [0, 0.05) is 17.4 Å². The van der Waals surface area contributed by atoms with Gasteiger partial charge < -0.3 is 10.4 Å². The van der Waals surface area contributed by atoms with Crippen LogP contribution in [0.15, 0.2) is 6.07 Å². The van der Waals surface area contributed by atoms with E-state index in [1.807, 2.05) is 19.9 Å². The molecule has 4 aliphatic rings. The Balaban J connectivity index is 1.58. The maximum Gasteiger partial charge on any atom is 0.223 e. The number of nitrogens with zero attached hydrogens (tertiary/aromatic N) is 2. The lowest BCUT2D eigenvalue weighted by atomic mass is 9.46. The summed E-state index contributed by atoms with van der Waals surface area (Å²) in [5, 5.41) is 14.5. The summed E-state index contributed by atoms with van der Waals surface area (Å²) < 4.78 is 0. The Morgan fingerprint density at radius 1 is 1.14 bits per heavy atom. The molecule has 0 aliphatic heterocycles. The van der Waals surface area contributed by atoms with E-state index in [-0.39, 0.29) is 5.41 Å². The van der Waals surface area contributed by atoms with Gasteiger partial charge in [-0.15, -0.1) is 0 Å². The van der Waals surface area contributed by atoms with Gasteiger partial charge in [0.1, 0.15) is 0 Å². The van der Waals surface area contributed by atoms with E-state index in [0.717, 1.165) is 48.4 Å². The first kappa shape index (κ1) is 14.4. The molecule has 0 aromatic carbocycles. The molecule has 4 bridgehead atoms. The highest BCUT2D eigenvalue weighted by atomic mass is 16.3. The summed E-state index contributed by atoms with van der Waals surface area (Å²) in [6.07, 6.45) is 6.84. The van der Waals surface area contributed by atoms with Crippen LogP contribution in [0.2, 0.25) is 0 Å². The average molecular weight is 301 g/mol. The third kappa shape index (κ3) is 2.32. The molecule has 0 saturated heterocycles. The highest BCUT2D eigenvalue weighted by Gasteiger charge is 2.58. The minimum atomic E-state index is -0.399. The highest BCUT2D eigenvalue weighted by Crippen LogP contribution is 2.62. The standard InChI is InChI=1S/C18H27N3O/c1-11-4-12(2)20-16(19-11)21-13(3)17-6-14-5-15(7-17)9-18(22,8-14)10-17/h4,13-15,22H,5-10H2,1-3H3,(H,19,20,21)/t13-,14+,15+,17?,18?/m0/s1. The van der Waals surface area contributed by atoms with Crippen LogP contribution in [-0.2, 0) is 0 Å². The predicted molar refractivity (Wildman–Crippen MR) is 86.7 cm³/mol. The van der Waals surface area contributed by atoms with Crippen molar-refractivity contribution in [3.63, 3.8) is 0 Å². The van der Waals surface area contributed by atoms with Gasteiger partial charge in [0.2, 0.25) is 5.95 Å². The van der Waals surface area contributed by atoms with Gasteiger partial charge in [-0.2, -0.15) is 0 Å². The second-order valence-electron chi connectivity index (χ2n) is 8.39. The van der Waals surface area contributed by atoms with E-state index in [2.05, 4.69) is 22.2 Å². The summed E-state index contributed by atoms with van der Waals surface area (Å²) in [7, 11) is 0. The van der Waals surface area contributed by atoms with Crippen LogP contribution in [-0.4, -0.2) is 26.7 Å². The Kier molecular flexibility index (Phi) is 3.06. The van der Waals surface area contributed by atoms with Crippen molar-refractivity contribution in [3.05, 3.63) is 17.5 Å². The van der Waals surface area contributed by atoms with Crippen LogP contribution < -0.4 is 5.32 Å². The monoisotopic (exact) mass is 301 g/mol. The maximum absolute atomic E-state index is 10.9. The summed E-state index contributed by atoms with van der Waals surface area (Å²) in [4.78, 5) is 9.07. The summed E-state index contributed by atoms with van der Waals surface area (Å²) in [5.41, 5.74) is 1.83. The molecule has 1 aromatic heterocycles. The predicted octanol–water partition coefficient (Wildman–Crippen LogP) is 3.23. The molecular formula is C18H27N3O. The molecule has 0 radical (unpaired) electrons. The number of rotatable bonds is 3. The van der Waals surface area contributed by atoms with Crippen molar-refractivity contribution >= 4 is 5.95 Å². The Morgan fingerprint density at radius 2 is 1.73 bits per heavy atom. The van der Waals surface area contributed by atoms with E-state index in [0.29, 0.717) is 6.04 Å². The van der Waals surface area contributed by atoms with E-state index in [9.17, 15) is 5.11 Å². The van der Waals surface area contributed by atoms with Crippen LogP contribution >= 0.6 is 0 Å². The number of hydrogen-bond donors (Lipinski definition) is 2. The topological polar surface area (TPSA) is 58.0 Å². The van der Waals surface area contributed by atoms with Gasteiger partial charge >= 0.3 is 0 Å². The van der Waals surface area contributed by atoms with E-state index in [4.69, 9.17) is 0 Å². The molecule has 4 nitrogen and oxygen atoms in total. The Bertz CT molecular complexity index is 566. The van der Waals surface area contributed by atoms with Crippen LogP contribution in [0.5, 0.6) is 0 Å². The van der Waals surface area contributed by atoms with Gasteiger partial charge in [-0.05, 0) is 82.6 Å². The molecule has 4 saturated carbocycles. The van der Waals surface area contributed by atoms with Gasteiger partial charge in [-0.1, -0.05) is 0 Å². The smallest absolute Gasteiger partial charge is 0.223 e. The van der Waals surface area contributed by atoms with Crippen LogP contribution in [0.25, 0.3) is 0 Å². The van der Waals surface area contributed by atoms with Crippen molar-refractivity contribution in [2.75, 3.05) is 5.32 Å². The fourth-order valence-corrected chi connectivity index (χ4v) is 5.93. The minimum absolute atomic E-state index is 0.222. The molecule has 0 unspecified atom stereocenters. The fraction of sp³-hybridized carbons (Fsp3) is 0.778. The summed E-state index contributed by atoms with van der Waals surface area (Å²) in [5.74, 6) is 2.18. The molecule has 1 aromatic rings. The zero-order chi connectivity index (χ0) is 15.5. The van der Waals surface area contributed by atoms with E-state index >= 15 is 0 Å². The first-order valence-electron chi connectivity index (χ1n) is 8.67. The van der Waals surface area contributed by atoms with Gasteiger partial charge in [0.05, 0.1) is 5.60 Å². The molecule has 22 heavy (non-hydrogen) atoms. The van der Waals surface area contributed by atoms with Crippen molar-refractivity contribution < 1.29 is 5.11 Å². The molecule has 4 aliphatic carbocycles. The summed E-state index contributed by atoms with van der Waals surface area (Å²) in [6.45, 7) is 6.29. The van der Waals surface area contributed by atoms with E-state index in [1.165, 1.54) is 19.3 Å². The van der Waals surface area contributed by atoms with Crippen molar-refractivity contribution in [2.24, 2.45) is 17.3 Å². The number of aromatic nitrogens is 2. The normalized spacial score (nSPS) is 40.7. The molecule has 0 amide bonds. The molecule has 0 spiro atoms. The largest absolute Gasteiger partial charge is 0.390 e. The van der Waals surface area contributed by atoms with Crippen molar-refractivity contribution in [1.29, 1.82) is 0 Å². The Labute approximate surface area is 132 Å². The van der Waals surface area contributed by atoms with Gasteiger partial charge in [0.15, 0.2) is 0 Å². The van der Waals surface area contributed by atoms with Crippen molar-refractivity contribution in [2.45, 2.75) is 70.9 Å². The third-order valence-electron chi connectivity index (χ3n) is 6.32. The zero-order valence-electron chi connectivity index (χ0n) is 13.9. The third-order valence-corrected chi connectivity index (χ3v) is 6.32. The fourth-order valence-electron chi connectivity index (χ4n) is 5.93. The van der Waals surface area contributed by atoms with Gasteiger partial charge in [-0.25, -0.2) is 9.97 Å². The van der Waals surface area contributed by atoms with Crippen LogP contribution in [0.3, 0.4) is 0 Å². The molecule has 5 rings (SSSR count). The first-order valence-corrected chi connectivity index (χ1v) is 8.67. The average Bonchev–Trinajstić information content (AvgIpc) is 2.34. The van der Waals surface area contributed by atoms with Crippen LogP contribution in [0.4, 0.5) is 5.95 Å². The molecule has 120 valence electrons. The van der Waals surface area contributed by atoms with Crippen LogP contribution in [0.1, 0.15) is 56.8 Å². The van der Waals surface area contributed by atoms with Gasteiger partial charge in [-0.3, -0.25) is 0 Å². The number of aliphatic hydroxyl groups is 1.